The molecule has 0 radical (unpaired) electrons. The highest BCUT2D eigenvalue weighted by Crippen LogP contribution is 2.11. The number of carbonyl (C=O) groups is 1. The van der Waals surface area contributed by atoms with Crippen LogP contribution in [0.1, 0.15) is 25.3 Å². The molecule has 0 unspecified atom stereocenters. The lowest BCUT2D eigenvalue weighted by Gasteiger charge is -2.17. The molecular weight excluding hydrogens is 284 g/mol. The maximum absolute atomic E-state index is 10.6. The Kier molecular flexibility index (Phi) is 9.14. The van der Waals surface area contributed by atoms with Crippen molar-refractivity contribution in [2.24, 2.45) is 0 Å². The molecule has 122 valence electrons. The number of hydrogen-bond acceptors (Lipinski definition) is 4. The normalized spacial score (nSPS) is 14.1. The van der Waals surface area contributed by atoms with Crippen LogP contribution in [0.4, 0.5) is 0 Å². The Morgan fingerprint density at radius 3 is 2.59 bits per heavy atom. The van der Waals surface area contributed by atoms with Crippen molar-refractivity contribution in [2.45, 2.75) is 38.6 Å². The van der Waals surface area contributed by atoms with Crippen molar-refractivity contribution in [1.82, 2.24) is 0 Å². The van der Waals surface area contributed by atoms with Crippen molar-refractivity contribution in [3.05, 3.63) is 48.0 Å². The summed E-state index contributed by atoms with van der Waals surface area (Å²) in [7, 11) is 1.53. The summed E-state index contributed by atoms with van der Waals surface area (Å²) in [5.41, 5.74) is 1.13. The van der Waals surface area contributed by atoms with E-state index < -0.39 is 5.97 Å². The SMILES string of the molecule is COCO[C@@H](/C=C/C(=O)O)CC[C@@H](C)OCc1ccccc1. The van der Waals surface area contributed by atoms with Gasteiger partial charge in [-0.2, -0.15) is 0 Å². The third-order valence-electron chi connectivity index (χ3n) is 3.09. The molecule has 1 aromatic carbocycles. The predicted molar refractivity (Wildman–Crippen MR) is 83.5 cm³/mol. The van der Waals surface area contributed by atoms with Crippen molar-refractivity contribution in [3.63, 3.8) is 0 Å². The molecule has 1 N–H and O–H groups in total. The van der Waals surface area contributed by atoms with Crippen LogP contribution >= 0.6 is 0 Å². The fourth-order valence-corrected chi connectivity index (χ4v) is 1.88. The maximum atomic E-state index is 10.6. The molecule has 22 heavy (non-hydrogen) atoms. The average molecular weight is 308 g/mol. The molecule has 0 aliphatic carbocycles. The molecule has 2 atom stereocenters. The van der Waals surface area contributed by atoms with E-state index in [1.807, 2.05) is 37.3 Å². The number of ether oxygens (including phenoxy) is 3. The van der Waals surface area contributed by atoms with Crippen molar-refractivity contribution in [1.29, 1.82) is 0 Å². The molecule has 0 spiro atoms. The summed E-state index contributed by atoms with van der Waals surface area (Å²) in [6.07, 6.45) is 3.83. The van der Waals surface area contributed by atoms with Crippen LogP contribution in [0.3, 0.4) is 0 Å². The van der Waals surface area contributed by atoms with Gasteiger partial charge in [-0.15, -0.1) is 0 Å². The van der Waals surface area contributed by atoms with Gasteiger partial charge in [0.05, 0.1) is 18.8 Å². The average Bonchev–Trinajstić information content (AvgIpc) is 2.53. The summed E-state index contributed by atoms with van der Waals surface area (Å²) in [5, 5.41) is 8.68. The summed E-state index contributed by atoms with van der Waals surface area (Å²) < 4.78 is 16.1. The highest BCUT2D eigenvalue weighted by atomic mass is 16.7. The Bertz CT molecular complexity index is 444. The van der Waals surface area contributed by atoms with Crippen LogP contribution in [0.25, 0.3) is 0 Å². The van der Waals surface area contributed by atoms with E-state index in [0.717, 1.165) is 18.1 Å². The van der Waals surface area contributed by atoms with Crippen LogP contribution in [-0.4, -0.2) is 37.2 Å². The maximum Gasteiger partial charge on any atom is 0.328 e. The van der Waals surface area contributed by atoms with Crippen LogP contribution in [0, 0.1) is 0 Å². The monoisotopic (exact) mass is 308 g/mol. The molecule has 1 rings (SSSR count). The van der Waals surface area contributed by atoms with Gasteiger partial charge in [-0.3, -0.25) is 0 Å². The topological polar surface area (TPSA) is 65.0 Å². The number of aliphatic carboxylic acids is 1. The zero-order chi connectivity index (χ0) is 16.2. The van der Waals surface area contributed by atoms with Crippen LogP contribution in [0.2, 0.25) is 0 Å². The molecule has 5 heteroatoms. The highest BCUT2D eigenvalue weighted by molar-refractivity contribution is 5.79. The molecule has 0 aliphatic heterocycles. The number of methoxy groups -OCH3 is 1. The van der Waals surface area contributed by atoms with Gasteiger partial charge < -0.3 is 19.3 Å². The first-order chi connectivity index (χ1) is 10.6. The lowest BCUT2D eigenvalue weighted by atomic mass is 10.1. The van der Waals surface area contributed by atoms with Gasteiger partial charge in [0, 0.05) is 13.2 Å². The van der Waals surface area contributed by atoms with E-state index in [9.17, 15) is 4.79 Å². The van der Waals surface area contributed by atoms with Gasteiger partial charge >= 0.3 is 5.97 Å². The van der Waals surface area contributed by atoms with E-state index in [1.165, 1.54) is 13.2 Å². The van der Waals surface area contributed by atoms with Crippen LogP contribution < -0.4 is 0 Å². The van der Waals surface area contributed by atoms with E-state index in [-0.39, 0.29) is 19.0 Å². The van der Waals surface area contributed by atoms with Crippen LogP contribution in [0.5, 0.6) is 0 Å². The van der Waals surface area contributed by atoms with Gasteiger partial charge in [0.25, 0.3) is 0 Å². The standard InChI is InChI=1S/C17H24O5/c1-14(21-12-15-6-4-3-5-7-15)8-9-16(22-13-20-2)10-11-17(18)19/h3-7,10-11,14,16H,8-9,12-13H2,1-2H3,(H,18,19)/b11-10+/t14-,16-/m1/s1. The van der Waals surface area contributed by atoms with Crippen LogP contribution in [-0.2, 0) is 25.6 Å². The summed E-state index contributed by atoms with van der Waals surface area (Å²) in [4.78, 5) is 10.6. The van der Waals surface area contributed by atoms with Crippen LogP contribution in [0.15, 0.2) is 42.5 Å². The third kappa shape index (κ3) is 8.56. The van der Waals surface area contributed by atoms with Crippen molar-refractivity contribution in [3.8, 4) is 0 Å². The van der Waals surface area contributed by atoms with Crippen molar-refractivity contribution in [2.75, 3.05) is 13.9 Å². The number of rotatable bonds is 11. The second-order valence-electron chi connectivity index (χ2n) is 4.99. The quantitative estimate of drug-likeness (QED) is 0.503. The molecular formula is C17H24O5. The molecule has 5 nitrogen and oxygen atoms in total. The lowest BCUT2D eigenvalue weighted by molar-refractivity contribution is -0.131. The van der Waals surface area contributed by atoms with Gasteiger partial charge in [-0.1, -0.05) is 30.3 Å². The first-order valence-corrected chi connectivity index (χ1v) is 7.29. The molecule has 0 aliphatic rings. The van der Waals surface area contributed by atoms with E-state index in [1.54, 1.807) is 0 Å². The third-order valence-corrected chi connectivity index (χ3v) is 3.09. The Morgan fingerprint density at radius 1 is 1.23 bits per heavy atom. The molecule has 0 heterocycles. The molecule has 0 aromatic heterocycles. The summed E-state index contributed by atoms with van der Waals surface area (Å²) in [6, 6.07) is 9.97. The zero-order valence-corrected chi connectivity index (χ0v) is 13.1. The Balaban J connectivity index is 2.34. The lowest BCUT2D eigenvalue weighted by Crippen LogP contribution is -2.17. The Morgan fingerprint density at radius 2 is 1.95 bits per heavy atom. The van der Waals surface area contributed by atoms with E-state index >= 15 is 0 Å². The van der Waals surface area contributed by atoms with Gasteiger partial charge in [0.1, 0.15) is 6.79 Å². The minimum absolute atomic E-state index is 0.0621. The first kappa shape index (κ1) is 18.4. The highest BCUT2D eigenvalue weighted by Gasteiger charge is 2.10. The zero-order valence-electron chi connectivity index (χ0n) is 13.1. The largest absolute Gasteiger partial charge is 0.478 e. The van der Waals surface area contributed by atoms with Gasteiger partial charge in [0.2, 0.25) is 0 Å². The Hall–Kier alpha value is -1.69. The minimum atomic E-state index is -0.987. The fraction of sp³-hybridized carbons (Fsp3) is 0.471. The van der Waals surface area contributed by atoms with Crippen molar-refractivity contribution >= 4 is 5.97 Å². The van der Waals surface area contributed by atoms with E-state index in [4.69, 9.17) is 19.3 Å². The molecule has 0 bridgehead atoms. The summed E-state index contributed by atoms with van der Waals surface area (Å²) >= 11 is 0. The van der Waals surface area contributed by atoms with Crippen molar-refractivity contribution < 1.29 is 24.1 Å². The number of hydrogen-bond donors (Lipinski definition) is 1. The molecule has 0 amide bonds. The number of carboxylic acid groups (broad SMARTS) is 1. The molecule has 1 aromatic rings. The first-order valence-electron chi connectivity index (χ1n) is 7.29. The second-order valence-corrected chi connectivity index (χ2v) is 4.99. The second kappa shape index (κ2) is 11.0. The predicted octanol–water partition coefficient (Wildman–Crippen LogP) is 3.00. The van der Waals surface area contributed by atoms with E-state index in [2.05, 4.69) is 0 Å². The fourth-order valence-electron chi connectivity index (χ4n) is 1.88. The molecule has 0 saturated carbocycles. The number of carboxylic acids is 1. The van der Waals surface area contributed by atoms with Gasteiger partial charge in [0.15, 0.2) is 0 Å². The molecule has 0 saturated heterocycles. The van der Waals surface area contributed by atoms with Gasteiger partial charge in [-0.25, -0.2) is 4.79 Å². The molecule has 0 fully saturated rings. The summed E-state index contributed by atoms with van der Waals surface area (Å²) in [5.74, 6) is -0.987. The smallest absolute Gasteiger partial charge is 0.328 e. The van der Waals surface area contributed by atoms with Gasteiger partial charge in [-0.05, 0) is 31.4 Å². The minimum Gasteiger partial charge on any atom is -0.478 e. The Labute approximate surface area is 131 Å². The van der Waals surface area contributed by atoms with E-state index in [0.29, 0.717) is 13.0 Å². The summed E-state index contributed by atoms with van der Waals surface area (Å²) in [6.45, 7) is 2.70. The number of benzene rings is 1.